The van der Waals surface area contributed by atoms with Crippen LogP contribution >= 0.6 is 11.3 Å². The zero-order chi connectivity index (χ0) is 11.5. The molecule has 2 rings (SSSR count). The number of hydrogen-bond donors (Lipinski definition) is 1. The summed E-state index contributed by atoms with van der Waals surface area (Å²) in [6.45, 7) is 0. The second-order valence-electron chi connectivity index (χ2n) is 2.92. The summed E-state index contributed by atoms with van der Waals surface area (Å²) in [5, 5.41) is 4.17. The smallest absolute Gasteiger partial charge is 0.284 e. The average Bonchev–Trinajstić information content (AvgIpc) is 2.75. The normalized spacial score (nSPS) is 10.1. The first-order valence-electron chi connectivity index (χ1n) is 4.33. The Morgan fingerprint density at radius 2 is 2.19 bits per heavy atom. The number of nitrogens with one attached hydrogen (secondary N) is 1. The molecular formula is C10H6F2N2OS. The second kappa shape index (κ2) is 4.36. The molecule has 0 saturated heterocycles. The van der Waals surface area contributed by atoms with Gasteiger partial charge in [-0.25, -0.2) is 13.8 Å². The minimum absolute atomic E-state index is 0.0680. The lowest BCUT2D eigenvalue weighted by Crippen LogP contribution is -2.12. The van der Waals surface area contributed by atoms with Crippen molar-refractivity contribution in [2.75, 3.05) is 5.32 Å². The molecule has 1 amide bonds. The molecule has 0 saturated carbocycles. The van der Waals surface area contributed by atoms with E-state index in [2.05, 4.69) is 10.3 Å². The van der Waals surface area contributed by atoms with Gasteiger partial charge in [0.05, 0.1) is 5.69 Å². The van der Waals surface area contributed by atoms with Crippen LogP contribution in [0.25, 0.3) is 0 Å². The Labute approximate surface area is 93.8 Å². The van der Waals surface area contributed by atoms with Crippen molar-refractivity contribution in [3.05, 3.63) is 46.4 Å². The lowest BCUT2D eigenvalue weighted by Gasteiger charge is -2.03. The third kappa shape index (κ3) is 2.22. The topological polar surface area (TPSA) is 42.0 Å². The highest BCUT2D eigenvalue weighted by atomic mass is 32.1. The van der Waals surface area contributed by atoms with Crippen molar-refractivity contribution in [2.24, 2.45) is 0 Å². The van der Waals surface area contributed by atoms with Crippen molar-refractivity contribution in [2.45, 2.75) is 0 Å². The minimum atomic E-state index is -0.815. The first-order chi connectivity index (χ1) is 7.66. The molecule has 0 fully saturated rings. The molecule has 1 aromatic heterocycles. The van der Waals surface area contributed by atoms with Gasteiger partial charge >= 0.3 is 0 Å². The summed E-state index contributed by atoms with van der Waals surface area (Å²) in [4.78, 5) is 15.3. The SMILES string of the molecule is O=C(Nc1ccc(F)cc1F)c1nccs1. The van der Waals surface area contributed by atoms with Crippen molar-refractivity contribution < 1.29 is 13.6 Å². The molecule has 82 valence electrons. The van der Waals surface area contributed by atoms with Crippen molar-refractivity contribution in [1.29, 1.82) is 0 Å². The van der Waals surface area contributed by atoms with E-state index < -0.39 is 17.5 Å². The summed E-state index contributed by atoms with van der Waals surface area (Å²) in [5.74, 6) is -2.02. The number of aromatic nitrogens is 1. The Balaban J connectivity index is 2.18. The van der Waals surface area contributed by atoms with Gasteiger partial charge in [0.15, 0.2) is 5.01 Å². The third-order valence-electron chi connectivity index (χ3n) is 1.81. The molecular weight excluding hydrogens is 234 g/mol. The number of anilines is 1. The number of hydrogen-bond acceptors (Lipinski definition) is 3. The number of nitrogens with zero attached hydrogens (tertiary/aromatic N) is 1. The maximum absolute atomic E-state index is 13.2. The Kier molecular flexibility index (Phi) is 2.91. The van der Waals surface area contributed by atoms with Crippen molar-refractivity contribution >= 4 is 22.9 Å². The van der Waals surface area contributed by atoms with Crippen LogP contribution in [0, 0.1) is 11.6 Å². The van der Waals surface area contributed by atoms with E-state index in [0.717, 1.165) is 23.5 Å². The summed E-state index contributed by atoms with van der Waals surface area (Å²) in [6.07, 6.45) is 1.47. The number of carbonyl (C=O) groups excluding carboxylic acids is 1. The molecule has 1 N–H and O–H groups in total. The van der Waals surface area contributed by atoms with Gasteiger partial charge in [0.2, 0.25) is 0 Å². The zero-order valence-corrected chi connectivity index (χ0v) is 8.72. The van der Waals surface area contributed by atoms with E-state index in [4.69, 9.17) is 0 Å². The highest BCUT2D eigenvalue weighted by molar-refractivity contribution is 7.11. The summed E-state index contributed by atoms with van der Waals surface area (Å²) in [7, 11) is 0. The quantitative estimate of drug-likeness (QED) is 0.876. The van der Waals surface area contributed by atoms with E-state index in [0.29, 0.717) is 6.07 Å². The number of benzene rings is 1. The Morgan fingerprint density at radius 1 is 1.38 bits per heavy atom. The molecule has 2 aromatic rings. The van der Waals surface area contributed by atoms with Gasteiger partial charge in [-0.05, 0) is 12.1 Å². The first kappa shape index (κ1) is 10.7. The third-order valence-corrected chi connectivity index (χ3v) is 2.58. The predicted octanol–water partition coefficient (Wildman–Crippen LogP) is 2.67. The largest absolute Gasteiger partial charge is 0.317 e. The van der Waals surface area contributed by atoms with Gasteiger partial charge in [-0.2, -0.15) is 0 Å². The Hall–Kier alpha value is -1.82. The standard InChI is InChI=1S/C10H6F2N2OS/c11-6-1-2-8(7(12)5-6)14-9(15)10-13-3-4-16-10/h1-5H,(H,14,15). The van der Waals surface area contributed by atoms with Gasteiger partial charge in [-0.1, -0.05) is 0 Å². The molecule has 1 aromatic carbocycles. The first-order valence-corrected chi connectivity index (χ1v) is 5.20. The fourth-order valence-electron chi connectivity index (χ4n) is 1.10. The summed E-state index contributed by atoms with van der Waals surface area (Å²) in [5.41, 5.74) is -0.0680. The van der Waals surface area contributed by atoms with Crippen LogP contribution in [0.4, 0.5) is 14.5 Å². The van der Waals surface area contributed by atoms with E-state index in [-0.39, 0.29) is 10.7 Å². The summed E-state index contributed by atoms with van der Waals surface area (Å²) < 4.78 is 25.8. The van der Waals surface area contributed by atoms with Crippen molar-refractivity contribution in [1.82, 2.24) is 4.98 Å². The van der Waals surface area contributed by atoms with E-state index in [9.17, 15) is 13.6 Å². The van der Waals surface area contributed by atoms with Crippen LogP contribution in [-0.4, -0.2) is 10.9 Å². The molecule has 0 radical (unpaired) electrons. The predicted molar refractivity (Wildman–Crippen MR) is 56.4 cm³/mol. The number of carbonyl (C=O) groups is 1. The highest BCUT2D eigenvalue weighted by Crippen LogP contribution is 2.16. The second-order valence-corrected chi connectivity index (χ2v) is 3.81. The van der Waals surface area contributed by atoms with Crippen LogP contribution in [0.15, 0.2) is 29.8 Å². The number of amides is 1. The number of thiazole rings is 1. The molecule has 1 heterocycles. The average molecular weight is 240 g/mol. The Morgan fingerprint density at radius 3 is 2.81 bits per heavy atom. The molecule has 0 aliphatic heterocycles. The van der Waals surface area contributed by atoms with Gasteiger partial charge in [-0.15, -0.1) is 11.3 Å². The molecule has 16 heavy (non-hydrogen) atoms. The molecule has 6 heteroatoms. The zero-order valence-electron chi connectivity index (χ0n) is 7.91. The molecule has 0 unspecified atom stereocenters. The van der Waals surface area contributed by atoms with Crippen LogP contribution in [0.1, 0.15) is 9.80 Å². The molecule has 0 aliphatic carbocycles. The number of rotatable bonds is 2. The summed E-state index contributed by atoms with van der Waals surface area (Å²) in [6, 6.07) is 2.94. The van der Waals surface area contributed by atoms with Crippen molar-refractivity contribution in [3.8, 4) is 0 Å². The lowest BCUT2D eigenvalue weighted by atomic mass is 10.3. The van der Waals surface area contributed by atoms with Crippen LogP contribution in [0.5, 0.6) is 0 Å². The monoisotopic (exact) mass is 240 g/mol. The molecule has 0 atom stereocenters. The van der Waals surface area contributed by atoms with E-state index in [1.54, 1.807) is 5.38 Å². The summed E-state index contributed by atoms with van der Waals surface area (Å²) >= 11 is 1.14. The van der Waals surface area contributed by atoms with Crippen molar-refractivity contribution in [3.63, 3.8) is 0 Å². The van der Waals surface area contributed by atoms with Gasteiger partial charge in [0, 0.05) is 17.6 Å². The lowest BCUT2D eigenvalue weighted by molar-refractivity contribution is 0.102. The minimum Gasteiger partial charge on any atom is -0.317 e. The van der Waals surface area contributed by atoms with Gasteiger partial charge < -0.3 is 5.32 Å². The number of halogens is 2. The maximum Gasteiger partial charge on any atom is 0.284 e. The fraction of sp³-hybridized carbons (Fsp3) is 0. The maximum atomic E-state index is 13.2. The molecule has 0 bridgehead atoms. The highest BCUT2D eigenvalue weighted by Gasteiger charge is 2.11. The van der Waals surface area contributed by atoms with Crippen LogP contribution in [0.2, 0.25) is 0 Å². The fourth-order valence-corrected chi connectivity index (χ4v) is 1.63. The van der Waals surface area contributed by atoms with Crippen LogP contribution in [0.3, 0.4) is 0 Å². The van der Waals surface area contributed by atoms with Gasteiger partial charge in [0.25, 0.3) is 5.91 Å². The van der Waals surface area contributed by atoms with Crippen LogP contribution < -0.4 is 5.32 Å². The van der Waals surface area contributed by atoms with E-state index in [1.165, 1.54) is 6.20 Å². The van der Waals surface area contributed by atoms with E-state index in [1.807, 2.05) is 0 Å². The Bertz CT molecular complexity index is 514. The van der Waals surface area contributed by atoms with Gasteiger partial charge in [0.1, 0.15) is 11.6 Å². The van der Waals surface area contributed by atoms with Crippen LogP contribution in [-0.2, 0) is 0 Å². The molecule has 3 nitrogen and oxygen atoms in total. The van der Waals surface area contributed by atoms with Gasteiger partial charge in [-0.3, -0.25) is 4.79 Å². The molecule has 0 aliphatic rings. The van der Waals surface area contributed by atoms with E-state index >= 15 is 0 Å². The molecule has 0 spiro atoms.